The number of urea groups is 1. The maximum absolute atomic E-state index is 13.1. The third-order valence-corrected chi connectivity index (χ3v) is 5.43. The second-order valence-corrected chi connectivity index (χ2v) is 7.33. The van der Waals surface area contributed by atoms with Crippen molar-refractivity contribution < 1.29 is 14.4 Å². The highest BCUT2D eigenvalue weighted by Crippen LogP contribution is 2.41. The lowest BCUT2D eigenvalue weighted by Crippen LogP contribution is -2.43. The summed E-state index contributed by atoms with van der Waals surface area (Å²) in [6, 6.07) is 12.2. The number of rotatable bonds is 3. The second-order valence-electron chi connectivity index (χ2n) is 6.89. The summed E-state index contributed by atoms with van der Waals surface area (Å²) in [7, 11) is 0. The number of amides is 4. The molecule has 6 nitrogen and oxygen atoms in total. The van der Waals surface area contributed by atoms with Gasteiger partial charge in [-0.15, -0.1) is 0 Å². The number of imide groups is 1. The van der Waals surface area contributed by atoms with Crippen molar-refractivity contribution in [2.45, 2.75) is 25.3 Å². The maximum atomic E-state index is 13.1. The van der Waals surface area contributed by atoms with Gasteiger partial charge in [-0.25, -0.2) is 4.79 Å². The number of aryl methyl sites for hydroxylation is 2. The molecule has 1 heterocycles. The van der Waals surface area contributed by atoms with Crippen molar-refractivity contribution in [3.05, 3.63) is 64.2 Å². The number of carbonyl (C=O) groups excluding carboxylic acids is 3. The van der Waals surface area contributed by atoms with Crippen LogP contribution in [0.2, 0.25) is 5.02 Å². The van der Waals surface area contributed by atoms with Crippen LogP contribution in [0.25, 0.3) is 0 Å². The van der Waals surface area contributed by atoms with Gasteiger partial charge in [0.1, 0.15) is 12.1 Å². The molecule has 0 bridgehead atoms. The Labute approximate surface area is 161 Å². The number of hydrogen-bond acceptors (Lipinski definition) is 3. The average Bonchev–Trinajstić information content (AvgIpc) is 3.12. The molecule has 2 aromatic rings. The lowest BCUT2D eigenvalue weighted by atomic mass is 9.92. The zero-order valence-corrected chi connectivity index (χ0v) is 15.5. The van der Waals surface area contributed by atoms with Gasteiger partial charge < -0.3 is 10.6 Å². The van der Waals surface area contributed by atoms with E-state index in [0.29, 0.717) is 23.6 Å². The van der Waals surface area contributed by atoms with E-state index in [9.17, 15) is 14.4 Å². The van der Waals surface area contributed by atoms with E-state index in [0.717, 1.165) is 21.6 Å². The Morgan fingerprint density at radius 2 is 2.04 bits per heavy atom. The topological polar surface area (TPSA) is 78.5 Å². The summed E-state index contributed by atoms with van der Waals surface area (Å²) in [4.78, 5) is 38.9. The van der Waals surface area contributed by atoms with Crippen molar-refractivity contribution in [1.29, 1.82) is 0 Å². The summed E-state index contributed by atoms with van der Waals surface area (Å²) in [5.74, 6) is -0.831. The largest absolute Gasteiger partial charge is 0.325 e. The predicted octanol–water partition coefficient (Wildman–Crippen LogP) is 2.98. The highest BCUT2D eigenvalue weighted by atomic mass is 35.5. The van der Waals surface area contributed by atoms with Gasteiger partial charge in [-0.2, -0.15) is 0 Å². The minimum atomic E-state index is -1.06. The van der Waals surface area contributed by atoms with Gasteiger partial charge in [0.25, 0.3) is 5.91 Å². The van der Waals surface area contributed by atoms with Crippen LogP contribution in [0.5, 0.6) is 0 Å². The van der Waals surface area contributed by atoms with Gasteiger partial charge in [0, 0.05) is 10.7 Å². The van der Waals surface area contributed by atoms with E-state index in [1.54, 1.807) is 18.2 Å². The summed E-state index contributed by atoms with van der Waals surface area (Å²) in [6.45, 7) is 1.49. The Morgan fingerprint density at radius 3 is 2.85 bits per heavy atom. The number of hydrogen-bond donors (Lipinski definition) is 2. The average molecular weight is 384 g/mol. The molecule has 1 atom stereocenters. The van der Waals surface area contributed by atoms with Crippen molar-refractivity contribution in [2.24, 2.45) is 0 Å². The molecule has 4 amide bonds. The van der Waals surface area contributed by atoms with Crippen LogP contribution in [0.1, 0.15) is 23.1 Å². The minimum Gasteiger partial charge on any atom is -0.324 e. The highest BCUT2D eigenvalue weighted by molar-refractivity contribution is 6.31. The zero-order valence-electron chi connectivity index (χ0n) is 14.7. The lowest BCUT2D eigenvalue weighted by molar-refractivity contribution is -0.134. The molecule has 138 valence electrons. The fourth-order valence-electron chi connectivity index (χ4n) is 3.80. The normalized spacial score (nSPS) is 20.7. The predicted molar refractivity (Wildman–Crippen MR) is 102 cm³/mol. The SMILES string of the molecule is Cc1ccc(Cl)cc1NC(=O)CN1C(=O)N[C@@]2(CCc3ccccc32)C1=O. The third kappa shape index (κ3) is 2.86. The molecule has 0 radical (unpaired) electrons. The second kappa shape index (κ2) is 6.39. The first-order valence-corrected chi connectivity index (χ1v) is 9.07. The molecular weight excluding hydrogens is 366 g/mol. The molecule has 2 aromatic carbocycles. The van der Waals surface area contributed by atoms with Crippen LogP contribution in [0.15, 0.2) is 42.5 Å². The highest BCUT2D eigenvalue weighted by Gasteiger charge is 2.55. The van der Waals surface area contributed by atoms with Crippen molar-refractivity contribution in [2.75, 3.05) is 11.9 Å². The summed E-state index contributed by atoms with van der Waals surface area (Å²) < 4.78 is 0. The van der Waals surface area contributed by atoms with Crippen molar-refractivity contribution >= 4 is 35.1 Å². The van der Waals surface area contributed by atoms with E-state index >= 15 is 0 Å². The maximum Gasteiger partial charge on any atom is 0.325 e. The fourth-order valence-corrected chi connectivity index (χ4v) is 3.97. The molecule has 0 aromatic heterocycles. The third-order valence-electron chi connectivity index (χ3n) is 5.20. The molecule has 0 saturated carbocycles. The number of nitrogens with zero attached hydrogens (tertiary/aromatic N) is 1. The van der Waals surface area contributed by atoms with Crippen LogP contribution in [-0.4, -0.2) is 29.3 Å². The van der Waals surface area contributed by atoms with Gasteiger partial charge in [-0.3, -0.25) is 14.5 Å². The van der Waals surface area contributed by atoms with Crippen LogP contribution in [-0.2, 0) is 21.5 Å². The van der Waals surface area contributed by atoms with Crippen LogP contribution in [0, 0.1) is 6.92 Å². The Kier molecular flexibility index (Phi) is 4.15. The Morgan fingerprint density at radius 1 is 1.26 bits per heavy atom. The van der Waals surface area contributed by atoms with Crippen LogP contribution in [0.3, 0.4) is 0 Å². The van der Waals surface area contributed by atoms with E-state index in [1.165, 1.54) is 0 Å². The molecule has 2 N–H and O–H groups in total. The minimum absolute atomic E-state index is 0.347. The summed E-state index contributed by atoms with van der Waals surface area (Å²) >= 11 is 5.97. The number of anilines is 1. The van der Waals surface area contributed by atoms with E-state index < -0.39 is 17.5 Å². The Hall–Kier alpha value is -2.86. The van der Waals surface area contributed by atoms with Gasteiger partial charge in [-0.1, -0.05) is 41.9 Å². The number of halogens is 1. The fraction of sp³-hybridized carbons (Fsp3) is 0.250. The van der Waals surface area contributed by atoms with Gasteiger partial charge in [0.2, 0.25) is 5.91 Å². The smallest absolute Gasteiger partial charge is 0.324 e. The lowest BCUT2D eigenvalue weighted by Gasteiger charge is -2.22. The van der Waals surface area contributed by atoms with Gasteiger partial charge in [-0.05, 0) is 48.6 Å². The molecule has 1 saturated heterocycles. The molecule has 4 rings (SSSR count). The van der Waals surface area contributed by atoms with Crippen LogP contribution >= 0.6 is 11.6 Å². The van der Waals surface area contributed by atoms with Crippen molar-refractivity contribution in [1.82, 2.24) is 10.2 Å². The first-order valence-electron chi connectivity index (χ1n) is 8.69. The van der Waals surface area contributed by atoms with E-state index in [2.05, 4.69) is 10.6 Å². The Bertz CT molecular complexity index is 975. The quantitative estimate of drug-likeness (QED) is 0.800. The number of carbonyl (C=O) groups is 3. The number of fused-ring (bicyclic) bond motifs is 2. The molecule has 1 fully saturated rings. The van der Waals surface area contributed by atoms with Crippen molar-refractivity contribution in [3.63, 3.8) is 0 Å². The molecule has 7 heteroatoms. The van der Waals surface area contributed by atoms with Gasteiger partial charge in [0.05, 0.1) is 0 Å². The summed E-state index contributed by atoms with van der Waals surface area (Å²) in [6.07, 6.45) is 1.21. The Balaban J connectivity index is 1.54. The monoisotopic (exact) mass is 383 g/mol. The van der Waals surface area contributed by atoms with Gasteiger partial charge >= 0.3 is 6.03 Å². The molecule has 1 spiro atoms. The molecule has 1 aliphatic heterocycles. The zero-order chi connectivity index (χ0) is 19.2. The first kappa shape index (κ1) is 17.5. The molecule has 27 heavy (non-hydrogen) atoms. The van der Waals surface area contributed by atoms with Crippen molar-refractivity contribution in [3.8, 4) is 0 Å². The van der Waals surface area contributed by atoms with E-state index in [1.807, 2.05) is 31.2 Å². The van der Waals surface area contributed by atoms with Crippen LogP contribution < -0.4 is 10.6 Å². The first-order chi connectivity index (χ1) is 12.9. The molecule has 0 unspecified atom stereocenters. The summed E-state index contributed by atoms with van der Waals surface area (Å²) in [5, 5.41) is 6.02. The van der Waals surface area contributed by atoms with E-state index in [4.69, 9.17) is 11.6 Å². The van der Waals surface area contributed by atoms with Crippen LogP contribution in [0.4, 0.5) is 10.5 Å². The molecule has 2 aliphatic rings. The standard InChI is InChI=1S/C20H18ClN3O3/c1-12-6-7-14(21)10-16(12)22-17(25)11-24-18(26)20(23-19(24)27)9-8-13-4-2-3-5-15(13)20/h2-7,10H,8-9,11H2,1H3,(H,22,25)(H,23,27)/t20-/m1/s1. The number of nitrogens with one attached hydrogen (secondary N) is 2. The van der Waals surface area contributed by atoms with E-state index in [-0.39, 0.29) is 12.5 Å². The number of benzene rings is 2. The van der Waals surface area contributed by atoms with Gasteiger partial charge in [0.15, 0.2) is 0 Å². The summed E-state index contributed by atoms with van der Waals surface area (Å²) in [5.41, 5.74) is 2.20. The molecule has 1 aliphatic carbocycles. The molecular formula is C20H18ClN3O3.